The van der Waals surface area contributed by atoms with E-state index < -0.39 is 0 Å². The van der Waals surface area contributed by atoms with Crippen LogP contribution >= 0.6 is 0 Å². The van der Waals surface area contributed by atoms with E-state index in [1.165, 1.54) is 16.7 Å². The van der Waals surface area contributed by atoms with E-state index in [0.717, 1.165) is 26.1 Å². The summed E-state index contributed by atoms with van der Waals surface area (Å²) < 4.78 is 11.3. The highest BCUT2D eigenvalue weighted by molar-refractivity contribution is 5.38. The zero-order chi connectivity index (χ0) is 12.8. The van der Waals surface area contributed by atoms with Gasteiger partial charge in [-0.15, -0.1) is 0 Å². The standard InChI is InChI=1S/C16H22O2/c1-16(2,3)14-5-4-11-8-13(9-12(11)10-14)15-17-6-7-18-15/h4-5,10,13,15H,6-9H2,1-3H3. The van der Waals surface area contributed by atoms with Gasteiger partial charge in [0.05, 0.1) is 13.2 Å². The topological polar surface area (TPSA) is 18.5 Å². The molecule has 0 saturated carbocycles. The molecule has 98 valence electrons. The number of fused-ring (bicyclic) bond motifs is 1. The molecule has 1 heterocycles. The first-order chi connectivity index (χ1) is 8.54. The third kappa shape index (κ3) is 2.19. The summed E-state index contributed by atoms with van der Waals surface area (Å²) in [5, 5.41) is 0. The van der Waals surface area contributed by atoms with Crippen LogP contribution in [0.1, 0.15) is 37.5 Å². The van der Waals surface area contributed by atoms with Gasteiger partial charge in [0.15, 0.2) is 6.29 Å². The lowest BCUT2D eigenvalue weighted by Crippen LogP contribution is -2.21. The molecule has 0 N–H and O–H groups in total. The minimum atomic E-state index is 0.0236. The number of rotatable bonds is 1. The molecule has 0 radical (unpaired) electrons. The van der Waals surface area contributed by atoms with Gasteiger partial charge in [-0.05, 0) is 34.9 Å². The van der Waals surface area contributed by atoms with Crippen LogP contribution in [0.15, 0.2) is 18.2 Å². The lowest BCUT2D eigenvalue weighted by Gasteiger charge is -2.20. The van der Waals surface area contributed by atoms with E-state index in [-0.39, 0.29) is 11.7 Å². The monoisotopic (exact) mass is 246 g/mol. The number of hydrogen-bond donors (Lipinski definition) is 0. The summed E-state index contributed by atoms with van der Waals surface area (Å²) >= 11 is 0. The highest BCUT2D eigenvalue weighted by Gasteiger charge is 2.32. The summed E-state index contributed by atoms with van der Waals surface area (Å²) in [6.07, 6.45) is 2.23. The van der Waals surface area contributed by atoms with E-state index in [2.05, 4.69) is 39.0 Å². The van der Waals surface area contributed by atoms with Crippen molar-refractivity contribution in [2.75, 3.05) is 13.2 Å². The van der Waals surface area contributed by atoms with Gasteiger partial charge in [0, 0.05) is 5.92 Å². The fourth-order valence-corrected chi connectivity index (χ4v) is 2.96. The second-order valence-electron chi connectivity index (χ2n) is 6.51. The molecule has 0 bridgehead atoms. The second kappa shape index (κ2) is 4.36. The largest absolute Gasteiger partial charge is 0.350 e. The van der Waals surface area contributed by atoms with Crippen molar-refractivity contribution in [1.29, 1.82) is 0 Å². The van der Waals surface area contributed by atoms with Crippen LogP contribution in [0.4, 0.5) is 0 Å². The average molecular weight is 246 g/mol. The van der Waals surface area contributed by atoms with Gasteiger partial charge in [-0.1, -0.05) is 39.0 Å². The molecule has 0 aromatic heterocycles. The molecule has 18 heavy (non-hydrogen) atoms. The first-order valence-electron chi connectivity index (χ1n) is 6.89. The minimum absolute atomic E-state index is 0.0236. The third-order valence-electron chi connectivity index (χ3n) is 4.07. The molecular formula is C16H22O2. The van der Waals surface area contributed by atoms with Crippen molar-refractivity contribution in [3.05, 3.63) is 34.9 Å². The molecule has 0 amide bonds. The molecule has 0 spiro atoms. The number of benzene rings is 1. The molecule has 1 atom stereocenters. The summed E-state index contributed by atoms with van der Waals surface area (Å²) in [5.74, 6) is 0.512. The zero-order valence-electron chi connectivity index (χ0n) is 11.5. The van der Waals surface area contributed by atoms with Crippen LogP contribution in [0.2, 0.25) is 0 Å². The summed E-state index contributed by atoms with van der Waals surface area (Å²) in [4.78, 5) is 0. The second-order valence-corrected chi connectivity index (χ2v) is 6.51. The third-order valence-corrected chi connectivity index (χ3v) is 4.07. The Morgan fingerprint density at radius 2 is 1.67 bits per heavy atom. The van der Waals surface area contributed by atoms with Crippen LogP contribution in [-0.4, -0.2) is 19.5 Å². The van der Waals surface area contributed by atoms with Crippen molar-refractivity contribution in [2.24, 2.45) is 5.92 Å². The predicted molar refractivity (Wildman–Crippen MR) is 71.7 cm³/mol. The number of hydrogen-bond acceptors (Lipinski definition) is 2. The molecule has 1 aromatic rings. The Bertz CT molecular complexity index is 439. The van der Waals surface area contributed by atoms with Gasteiger partial charge < -0.3 is 9.47 Å². The molecule has 1 aliphatic heterocycles. The van der Waals surface area contributed by atoms with E-state index in [1.54, 1.807) is 0 Å². The molecule has 1 saturated heterocycles. The van der Waals surface area contributed by atoms with E-state index in [4.69, 9.17) is 9.47 Å². The van der Waals surface area contributed by atoms with Gasteiger partial charge in [0.2, 0.25) is 0 Å². The Kier molecular flexibility index (Phi) is 2.95. The molecular weight excluding hydrogens is 224 g/mol. The Morgan fingerprint density at radius 3 is 2.33 bits per heavy atom. The predicted octanol–water partition coefficient (Wildman–Crippen LogP) is 3.07. The van der Waals surface area contributed by atoms with Crippen molar-refractivity contribution in [1.82, 2.24) is 0 Å². The van der Waals surface area contributed by atoms with Gasteiger partial charge >= 0.3 is 0 Å². The molecule has 3 rings (SSSR count). The Labute approximate surface area is 109 Å². The molecule has 2 heteroatoms. The van der Waals surface area contributed by atoms with Crippen molar-refractivity contribution in [3.63, 3.8) is 0 Å². The Morgan fingerprint density at radius 1 is 1.00 bits per heavy atom. The van der Waals surface area contributed by atoms with Crippen LogP contribution < -0.4 is 0 Å². The normalized spacial score (nSPS) is 24.5. The number of ether oxygens (including phenoxy) is 2. The fourth-order valence-electron chi connectivity index (χ4n) is 2.96. The summed E-state index contributed by atoms with van der Waals surface area (Å²) in [6.45, 7) is 8.31. The lowest BCUT2D eigenvalue weighted by atomic mass is 9.85. The van der Waals surface area contributed by atoms with Crippen LogP contribution in [0.3, 0.4) is 0 Å². The first kappa shape index (κ1) is 12.2. The molecule has 1 aromatic carbocycles. The van der Waals surface area contributed by atoms with Gasteiger partial charge in [0.25, 0.3) is 0 Å². The zero-order valence-corrected chi connectivity index (χ0v) is 11.5. The quantitative estimate of drug-likeness (QED) is 0.758. The molecule has 2 aliphatic rings. The maximum absolute atomic E-state index is 5.64. The van der Waals surface area contributed by atoms with Gasteiger partial charge in [-0.3, -0.25) is 0 Å². The van der Waals surface area contributed by atoms with Gasteiger partial charge in [-0.25, -0.2) is 0 Å². The molecule has 1 fully saturated rings. The molecule has 1 aliphatic carbocycles. The Balaban J connectivity index is 1.80. The van der Waals surface area contributed by atoms with Crippen LogP contribution in [0.25, 0.3) is 0 Å². The van der Waals surface area contributed by atoms with Crippen molar-refractivity contribution in [3.8, 4) is 0 Å². The smallest absolute Gasteiger partial charge is 0.161 e. The first-order valence-corrected chi connectivity index (χ1v) is 6.89. The van der Waals surface area contributed by atoms with Gasteiger partial charge in [-0.2, -0.15) is 0 Å². The summed E-state index contributed by atoms with van der Waals surface area (Å²) in [5.41, 5.74) is 4.63. The van der Waals surface area contributed by atoms with E-state index >= 15 is 0 Å². The summed E-state index contributed by atoms with van der Waals surface area (Å²) in [7, 11) is 0. The SMILES string of the molecule is CC(C)(C)c1ccc2c(c1)CC(C1OCCO1)C2. The molecule has 2 nitrogen and oxygen atoms in total. The maximum atomic E-state index is 5.64. The van der Waals surface area contributed by atoms with E-state index in [0.29, 0.717) is 5.92 Å². The van der Waals surface area contributed by atoms with Crippen LogP contribution in [0.5, 0.6) is 0 Å². The van der Waals surface area contributed by atoms with Crippen molar-refractivity contribution in [2.45, 2.75) is 45.3 Å². The van der Waals surface area contributed by atoms with Crippen molar-refractivity contribution >= 4 is 0 Å². The highest BCUT2D eigenvalue weighted by atomic mass is 16.7. The van der Waals surface area contributed by atoms with Gasteiger partial charge in [0.1, 0.15) is 0 Å². The van der Waals surface area contributed by atoms with E-state index in [9.17, 15) is 0 Å². The van der Waals surface area contributed by atoms with E-state index in [1.807, 2.05) is 0 Å². The van der Waals surface area contributed by atoms with Crippen molar-refractivity contribution < 1.29 is 9.47 Å². The highest BCUT2D eigenvalue weighted by Crippen LogP contribution is 2.34. The summed E-state index contributed by atoms with van der Waals surface area (Å²) in [6, 6.07) is 6.95. The van der Waals surface area contributed by atoms with Crippen LogP contribution in [-0.2, 0) is 27.7 Å². The fraction of sp³-hybridized carbons (Fsp3) is 0.625. The average Bonchev–Trinajstić information content (AvgIpc) is 2.95. The maximum Gasteiger partial charge on any atom is 0.161 e. The Hall–Kier alpha value is -0.860. The minimum Gasteiger partial charge on any atom is -0.350 e. The van der Waals surface area contributed by atoms with Crippen LogP contribution in [0, 0.1) is 5.92 Å². The lowest BCUT2D eigenvalue weighted by molar-refractivity contribution is -0.0804. The molecule has 1 unspecified atom stereocenters.